The average molecular weight is 358 g/mol. The maximum Gasteiger partial charge on any atom is 0.269 e. The van der Waals surface area contributed by atoms with E-state index in [1.807, 2.05) is 48.5 Å². The lowest BCUT2D eigenvalue weighted by molar-refractivity contribution is -0.384. The largest absolute Gasteiger partial charge is 0.297 e. The van der Waals surface area contributed by atoms with E-state index in [-0.39, 0.29) is 5.69 Å². The van der Waals surface area contributed by atoms with Crippen LogP contribution < -0.4 is 10.9 Å². The van der Waals surface area contributed by atoms with E-state index in [9.17, 15) is 14.9 Å². The lowest BCUT2D eigenvalue weighted by Crippen LogP contribution is -2.29. The van der Waals surface area contributed by atoms with E-state index in [4.69, 9.17) is 0 Å². The number of para-hydroxylation sites is 2. The summed E-state index contributed by atoms with van der Waals surface area (Å²) >= 11 is 0. The number of benzene rings is 3. The predicted octanol–water partition coefficient (Wildman–Crippen LogP) is 4.05. The number of amides is 1. The van der Waals surface area contributed by atoms with E-state index in [2.05, 4.69) is 15.8 Å². The van der Waals surface area contributed by atoms with Crippen LogP contribution in [0.3, 0.4) is 0 Å². The quantitative estimate of drug-likeness (QED) is 0.326. The third-order valence-corrected chi connectivity index (χ3v) is 4.23. The molecule has 7 nitrogen and oxygen atoms in total. The first-order valence-corrected chi connectivity index (χ1v) is 8.22. The molecule has 0 spiro atoms. The molecule has 1 amide bonds. The van der Waals surface area contributed by atoms with Crippen molar-refractivity contribution in [3.8, 4) is 0 Å². The minimum Gasteiger partial charge on any atom is -0.297 e. The van der Waals surface area contributed by atoms with Crippen LogP contribution in [0.2, 0.25) is 0 Å². The van der Waals surface area contributed by atoms with Crippen LogP contribution >= 0.6 is 0 Å². The molecule has 27 heavy (non-hydrogen) atoms. The third-order valence-electron chi connectivity index (χ3n) is 4.23. The first-order valence-electron chi connectivity index (χ1n) is 8.22. The summed E-state index contributed by atoms with van der Waals surface area (Å²) in [5.74, 6) is -0.394. The smallest absolute Gasteiger partial charge is 0.269 e. The normalized spacial score (nSPS) is 10.7. The zero-order chi connectivity index (χ0) is 18.8. The lowest BCUT2D eigenvalue weighted by atomic mass is 10.1. The molecule has 0 bridgehead atoms. The van der Waals surface area contributed by atoms with Crippen molar-refractivity contribution in [1.82, 2.24) is 10.4 Å². The summed E-state index contributed by atoms with van der Waals surface area (Å²) in [6.45, 7) is 0. The number of carbonyl (C=O) groups excluding carboxylic acids is 1. The van der Waals surface area contributed by atoms with Gasteiger partial charge in [-0.2, -0.15) is 0 Å². The number of non-ortho nitro benzene ring substituents is 1. The van der Waals surface area contributed by atoms with Crippen molar-refractivity contribution in [1.29, 1.82) is 0 Å². The Bertz CT molecular complexity index is 1120. The van der Waals surface area contributed by atoms with Crippen molar-refractivity contribution in [2.24, 2.45) is 0 Å². The number of pyridine rings is 1. The van der Waals surface area contributed by atoms with Gasteiger partial charge in [0.2, 0.25) is 0 Å². The highest BCUT2D eigenvalue weighted by atomic mass is 16.6. The molecule has 132 valence electrons. The fraction of sp³-hybridized carbons (Fsp3) is 0. The Morgan fingerprint density at radius 3 is 1.96 bits per heavy atom. The Morgan fingerprint density at radius 1 is 0.852 bits per heavy atom. The fourth-order valence-electron chi connectivity index (χ4n) is 2.90. The number of hydrogen-bond donors (Lipinski definition) is 2. The first-order chi connectivity index (χ1) is 13.1. The Kier molecular flexibility index (Phi) is 4.10. The summed E-state index contributed by atoms with van der Waals surface area (Å²) in [5.41, 5.74) is 8.27. The average Bonchev–Trinajstić information content (AvgIpc) is 2.71. The number of hydrogen-bond acceptors (Lipinski definition) is 5. The molecule has 0 saturated heterocycles. The van der Waals surface area contributed by atoms with Gasteiger partial charge in [-0.25, -0.2) is 4.98 Å². The Morgan fingerprint density at radius 2 is 1.41 bits per heavy atom. The number of fused-ring (bicyclic) bond motifs is 2. The molecular formula is C20H14N4O3. The van der Waals surface area contributed by atoms with Crippen LogP contribution in [0, 0.1) is 10.1 Å². The van der Waals surface area contributed by atoms with Crippen molar-refractivity contribution >= 4 is 39.1 Å². The number of carbonyl (C=O) groups is 1. The van der Waals surface area contributed by atoms with Crippen LogP contribution in [-0.2, 0) is 0 Å². The number of nitrogens with zero attached hydrogens (tertiary/aromatic N) is 2. The topological polar surface area (TPSA) is 97.2 Å². The Balaban J connectivity index is 1.66. The van der Waals surface area contributed by atoms with Crippen molar-refractivity contribution < 1.29 is 9.72 Å². The highest BCUT2D eigenvalue weighted by Gasteiger charge is 2.12. The number of aromatic nitrogens is 1. The molecular weight excluding hydrogens is 344 g/mol. The SMILES string of the molecule is O=C(NNc1c2ccccc2nc2ccccc12)c1ccc([N+](=O)[O-])cc1. The second-order valence-corrected chi connectivity index (χ2v) is 5.90. The van der Waals surface area contributed by atoms with Crippen LogP contribution in [0.25, 0.3) is 21.8 Å². The highest BCUT2D eigenvalue weighted by molar-refractivity contribution is 6.08. The second kappa shape index (κ2) is 6.72. The van der Waals surface area contributed by atoms with Crippen molar-refractivity contribution in [3.05, 3.63) is 88.5 Å². The molecule has 0 unspecified atom stereocenters. The van der Waals surface area contributed by atoms with E-state index in [1.165, 1.54) is 24.3 Å². The number of anilines is 1. The summed E-state index contributed by atoms with van der Waals surface area (Å²) in [5, 5.41) is 12.5. The molecule has 4 rings (SSSR count). The van der Waals surface area contributed by atoms with Gasteiger partial charge in [0.25, 0.3) is 11.6 Å². The lowest BCUT2D eigenvalue weighted by Gasteiger charge is -2.14. The molecule has 0 aliphatic rings. The van der Waals surface area contributed by atoms with Gasteiger partial charge in [0.05, 0.1) is 21.6 Å². The second-order valence-electron chi connectivity index (χ2n) is 5.90. The maximum atomic E-state index is 12.4. The number of hydrazine groups is 1. The monoisotopic (exact) mass is 358 g/mol. The molecule has 0 fully saturated rings. The van der Waals surface area contributed by atoms with Crippen LogP contribution in [-0.4, -0.2) is 15.8 Å². The van der Waals surface area contributed by atoms with Crippen molar-refractivity contribution in [3.63, 3.8) is 0 Å². The molecule has 0 atom stereocenters. The van der Waals surface area contributed by atoms with Gasteiger partial charge in [-0.1, -0.05) is 36.4 Å². The molecule has 3 aromatic carbocycles. The molecule has 0 radical (unpaired) electrons. The van der Waals surface area contributed by atoms with Gasteiger partial charge in [-0.05, 0) is 24.3 Å². The molecule has 0 aliphatic heterocycles. The number of nitro groups is 1. The summed E-state index contributed by atoms with van der Waals surface area (Å²) < 4.78 is 0. The van der Waals surface area contributed by atoms with Crippen molar-refractivity contribution in [2.75, 3.05) is 5.43 Å². The number of rotatable bonds is 4. The predicted molar refractivity (Wildman–Crippen MR) is 103 cm³/mol. The van der Waals surface area contributed by atoms with Crippen molar-refractivity contribution in [2.45, 2.75) is 0 Å². The van der Waals surface area contributed by atoms with Gasteiger partial charge in [-0.3, -0.25) is 25.8 Å². The summed E-state index contributed by atoms with van der Waals surface area (Å²) in [4.78, 5) is 27.3. The maximum absolute atomic E-state index is 12.4. The highest BCUT2D eigenvalue weighted by Crippen LogP contribution is 2.30. The Labute approximate surface area is 153 Å². The van der Waals surface area contributed by atoms with Gasteiger partial charge in [0, 0.05) is 28.5 Å². The standard InChI is InChI=1S/C20H14N4O3/c25-20(13-9-11-14(12-10-13)24(26)27)23-22-19-15-5-1-3-7-17(15)21-18-8-4-2-6-16(18)19/h1-12H,(H,21,22)(H,23,25). The van der Waals surface area contributed by atoms with E-state index in [0.717, 1.165) is 27.5 Å². The van der Waals surface area contributed by atoms with Gasteiger partial charge in [-0.15, -0.1) is 0 Å². The minimum absolute atomic E-state index is 0.0642. The molecule has 0 saturated carbocycles. The summed E-state index contributed by atoms with van der Waals surface area (Å²) in [6, 6.07) is 20.7. The van der Waals surface area contributed by atoms with Gasteiger partial charge in [0.1, 0.15) is 0 Å². The minimum atomic E-state index is -0.505. The Hall–Kier alpha value is -4.00. The summed E-state index contributed by atoms with van der Waals surface area (Å²) in [6.07, 6.45) is 0. The molecule has 7 heteroatoms. The van der Waals surface area contributed by atoms with E-state index in [1.54, 1.807) is 0 Å². The zero-order valence-electron chi connectivity index (χ0n) is 14.0. The molecule has 1 heterocycles. The first kappa shape index (κ1) is 16.5. The third kappa shape index (κ3) is 3.13. The van der Waals surface area contributed by atoms with Crippen LogP contribution in [0.15, 0.2) is 72.8 Å². The van der Waals surface area contributed by atoms with Crippen LogP contribution in [0.5, 0.6) is 0 Å². The van der Waals surface area contributed by atoms with Crippen LogP contribution in [0.4, 0.5) is 11.4 Å². The number of nitrogens with one attached hydrogen (secondary N) is 2. The van der Waals surface area contributed by atoms with Gasteiger partial charge < -0.3 is 0 Å². The molecule has 1 aromatic heterocycles. The molecule has 2 N–H and O–H groups in total. The van der Waals surface area contributed by atoms with Gasteiger partial charge >= 0.3 is 0 Å². The number of nitro benzene ring substituents is 1. The van der Waals surface area contributed by atoms with E-state index >= 15 is 0 Å². The molecule has 4 aromatic rings. The van der Waals surface area contributed by atoms with Crippen LogP contribution in [0.1, 0.15) is 10.4 Å². The summed E-state index contributed by atoms with van der Waals surface area (Å²) in [7, 11) is 0. The van der Waals surface area contributed by atoms with E-state index in [0.29, 0.717) is 5.56 Å². The zero-order valence-corrected chi connectivity index (χ0v) is 14.0. The van der Waals surface area contributed by atoms with E-state index < -0.39 is 10.8 Å². The fourth-order valence-corrected chi connectivity index (χ4v) is 2.90. The molecule has 0 aliphatic carbocycles. The van der Waals surface area contributed by atoms with Gasteiger partial charge in [0.15, 0.2) is 0 Å².